The molecule has 35 heavy (non-hydrogen) atoms. The summed E-state index contributed by atoms with van der Waals surface area (Å²) < 4.78 is 83.7. The van der Waals surface area contributed by atoms with Crippen LogP contribution in [0.25, 0.3) is 0 Å². The number of hydrogen-bond acceptors (Lipinski definition) is 6. The van der Waals surface area contributed by atoms with Gasteiger partial charge in [-0.2, -0.15) is 26.3 Å². The van der Waals surface area contributed by atoms with Crippen LogP contribution in [0.5, 0.6) is 0 Å². The molecule has 0 aliphatic carbocycles. The Labute approximate surface area is 200 Å². The molecule has 1 aliphatic rings. The van der Waals surface area contributed by atoms with Crippen molar-refractivity contribution in [1.82, 2.24) is 10.4 Å². The third kappa shape index (κ3) is 4.90. The SMILES string of the molecule is CSc1ccc2c(c1)CNC2C(=O)Nc1ccc(C(/C(N)=N/N(C)N)(C(F)(F)F)C(F)(F)F)cc1. The summed E-state index contributed by atoms with van der Waals surface area (Å²) in [5, 5.41) is 8.80. The minimum Gasteiger partial charge on any atom is -0.384 e. The van der Waals surface area contributed by atoms with Gasteiger partial charge in [0.1, 0.15) is 6.04 Å². The Hall–Kier alpha value is -2.97. The van der Waals surface area contributed by atoms with E-state index in [9.17, 15) is 31.1 Å². The quantitative estimate of drug-likeness (QED) is 0.116. The second-order valence-electron chi connectivity index (χ2n) is 7.75. The average molecular weight is 521 g/mol. The maximum atomic E-state index is 13.9. The van der Waals surface area contributed by atoms with E-state index in [1.165, 1.54) is 0 Å². The van der Waals surface area contributed by atoms with Crippen molar-refractivity contribution in [3.8, 4) is 0 Å². The standard InChI is InChI=1S/C21H22F6N6OS/c1-33(29)32-18(28)19(20(22,23)24,21(25,26)27)12-3-5-13(6-4-12)31-17(34)16-15-8-7-14(35-2)9-11(15)10-30-16/h3-9,16,30H,10,29H2,1-2H3,(H2,28,32)(H,31,34). The van der Waals surface area contributed by atoms with E-state index in [0.717, 1.165) is 35.2 Å². The van der Waals surface area contributed by atoms with E-state index in [4.69, 9.17) is 11.6 Å². The highest BCUT2D eigenvalue weighted by Crippen LogP contribution is 2.52. The van der Waals surface area contributed by atoms with E-state index in [-0.39, 0.29) is 10.8 Å². The van der Waals surface area contributed by atoms with E-state index >= 15 is 0 Å². The lowest BCUT2D eigenvalue weighted by Crippen LogP contribution is -2.62. The number of carbonyl (C=O) groups excluding carboxylic acids is 1. The molecule has 1 atom stereocenters. The highest BCUT2D eigenvalue weighted by atomic mass is 32.2. The molecule has 1 heterocycles. The van der Waals surface area contributed by atoms with Gasteiger partial charge in [-0.1, -0.05) is 18.2 Å². The first-order valence-electron chi connectivity index (χ1n) is 10.0. The van der Waals surface area contributed by atoms with Gasteiger partial charge in [0.25, 0.3) is 0 Å². The number of amides is 1. The van der Waals surface area contributed by atoms with E-state index in [2.05, 4.69) is 15.7 Å². The molecule has 0 spiro atoms. The van der Waals surface area contributed by atoms with Gasteiger partial charge in [-0.25, -0.2) is 11.0 Å². The molecule has 2 aromatic rings. The number of hydrazine groups is 1. The van der Waals surface area contributed by atoms with Gasteiger partial charge in [0.2, 0.25) is 11.3 Å². The fraction of sp³-hybridized carbons (Fsp3) is 0.333. The highest BCUT2D eigenvalue weighted by Gasteiger charge is 2.74. The second-order valence-corrected chi connectivity index (χ2v) is 8.63. The zero-order valence-corrected chi connectivity index (χ0v) is 19.3. The molecule has 0 saturated carbocycles. The maximum absolute atomic E-state index is 13.9. The number of fused-ring (bicyclic) bond motifs is 1. The first kappa shape index (κ1) is 26.6. The van der Waals surface area contributed by atoms with Crippen molar-refractivity contribution in [1.29, 1.82) is 0 Å². The fourth-order valence-corrected chi connectivity index (χ4v) is 4.35. The molecule has 3 rings (SSSR count). The molecule has 1 aliphatic heterocycles. The second kappa shape index (κ2) is 9.59. The molecule has 0 aromatic heterocycles. The van der Waals surface area contributed by atoms with Crippen molar-refractivity contribution in [2.45, 2.75) is 35.2 Å². The topological polar surface area (TPSA) is 109 Å². The van der Waals surface area contributed by atoms with Gasteiger partial charge in [-0.15, -0.1) is 16.9 Å². The van der Waals surface area contributed by atoms with E-state index in [0.29, 0.717) is 18.7 Å². The summed E-state index contributed by atoms with van der Waals surface area (Å²) in [7, 11) is 0.931. The molecule has 7 nitrogen and oxygen atoms in total. The number of hydrazone groups is 1. The number of halogens is 6. The Morgan fingerprint density at radius 2 is 1.71 bits per heavy atom. The van der Waals surface area contributed by atoms with E-state index in [1.807, 2.05) is 18.4 Å². The van der Waals surface area contributed by atoms with Gasteiger partial charge >= 0.3 is 12.4 Å². The predicted octanol–water partition coefficient (Wildman–Crippen LogP) is 3.63. The number of alkyl halides is 6. The molecule has 190 valence electrons. The van der Waals surface area contributed by atoms with Crippen LogP contribution >= 0.6 is 11.8 Å². The number of nitrogens with two attached hydrogens (primary N) is 2. The van der Waals surface area contributed by atoms with Crippen LogP contribution in [0.2, 0.25) is 0 Å². The third-order valence-corrected chi connectivity index (χ3v) is 6.23. The van der Waals surface area contributed by atoms with Crippen molar-refractivity contribution in [2.24, 2.45) is 16.7 Å². The summed E-state index contributed by atoms with van der Waals surface area (Å²) in [5.41, 5.74) is 1.05. The number of nitrogens with zero attached hydrogens (tertiary/aromatic N) is 2. The average Bonchev–Trinajstić information content (AvgIpc) is 3.16. The lowest BCUT2D eigenvalue weighted by Gasteiger charge is -2.37. The summed E-state index contributed by atoms with van der Waals surface area (Å²) in [5.74, 6) is 2.81. The molecule has 0 fully saturated rings. The highest BCUT2D eigenvalue weighted by molar-refractivity contribution is 7.98. The monoisotopic (exact) mass is 520 g/mol. The van der Waals surface area contributed by atoms with Crippen molar-refractivity contribution in [3.05, 3.63) is 59.2 Å². The predicted molar refractivity (Wildman–Crippen MR) is 120 cm³/mol. The molecular formula is C21H22F6N6OS. The minimum absolute atomic E-state index is 0.000522. The van der Waals surface area contributed by atoms with Crippen molar-refractivity contribution < 1.29 is 31.1 Å². The number of benzene rings is 2. The minimum atomic E-state index is -5.90. The summed E-state index contributed by atoms with van der Waals surface area (Å²) in [6.45, 7) is 0.439. The number of carbonyl (C=O) groups is 1. The normalized spacial score (nSPS) is 16.7. The van der Waals surface area contributed by atoms with Gasteiger partial charge in [-0.05, 0) is 47.2 Å². The molecule has 0 bridgehead atoms. The number of anilines is 1. The number of nitrogens with one attached hydrogen (secondary N) is 2. The zero-order valence-electron chi connectivity index (χ0n) is 18.5. The molecule has 1 unspecified atom stereocenters. The molecular weight excluding hydrogens is 498 g/mol. The fourth-order valence-electron chi connectivity index (χ4n) is 3.89. The number of amidine groups is 1. The summed E-state index contributed by atoms with van der Waals surface area (Å²) >= 11 is 1.54. The number of rotatable bonds is 6. The summed E-state index contributed by atoms with van der Waals surface area (Å²) in [6.07, 6.45) is -9.88. The Kier molecular flexibility index (Phi) is 7.29. The number of hydrogen-bond donors (Lipinski definition) is 4. The van der Waals surface area contributed by atoms with E-state index in [1.54, 1.807) is 17.8 Å². The van der Waals surface area contributed by atoms with Crippen LogP contribution < -0.4 is 22.2 Å². The van der Waals surface area contributed by atoms with E-state index < -0.39 is 41.1 Å². The molecule has 14 heteroatoms. The molecule has 0 saturated heterocycles. The van der Waals surface area contributed by atoms with Crippen molar-refractivity contribution in [2.75, 3.05) is 18.6 Å². The van der Waals surface area contributed by atoms with Gasteiger partial charge < -0.3 is 11.1 Å². The Balaban J connectivity index is 1.93. The van der Waals surface area contributed by atoms with Gasteiger partial charge in [-0.3, -0.25) is 10.1 Å². The zero-order chi connectivity index (χ0) is 26.2. The first-order chi connectivity index (χ1) is 16.2. The Morgan fingerprint density at radius 3 is 2.23 bits per heavy atom. The maximum Gasteiger partial charge on any atom is 0.414 e. The third-order valence-electron chi connectivity index (χ3n) is 5.51. The van der Waals surface area contributed by atoms with Gasteiger partial charge in [0, 0.05) is 24.2 Å². The van der Waals surface area contributed by atoms with Crippen LogP contribution in [0.3, 0.4) is 0 Å². The lowest BCUT2D eigenvalue weighted by molar-refractivity contribution is -0.278. The lowest BCUT2D eigenvalue weighted by atomic mass is 9.77. The van der Waals surface area contributed by atoms with Crippen LogP contribution in [0.4, 0.5) is 32.0 Å². The number of thioether (sulfide) groups is 1. The summed E-state index contributed by atoms with van der Waals surface area (Å²) in [4.78, 5) is 13.8. The molecule has 2 aromatic carbocycles. The summed E-state index contributed by atoms with van der Waals surface area (Å²) in [6, 6.07) is 7.92. The smallest absolute Gasteiger partial charge is 0.384 e. The van der Waals surface area contributed by atoms with Crippen LogP contribution in [0.1, 0.15) is 22.7 Å². The van der Waals surface area contributed by atoms with Gasteiger partial charge in [0.15, 0.2) is 5.84 Å². The van der Waals surface area contributed by atoms with Crippen molar-refractivity contribution in [3.63, 3.8) is 0 Å². The largest absolute Gasteiger partial charge is 0.414 e. The van der Waals surface area contributed by atoms with Crippen LogP contribution in [0, 0.1) is 0 Å². The van der Waals surface area contributed by atoms with Crippen molar-refractivity contribution >= 4 is 29.2 Å². The van der Waals surface area contributed by atoms with Gasteiger partial charge in [0.05, 0.1) is 0 Å². The molecule has 1 amide bonds. The van der Waals surface area contributed by atoms with Crippen LogP contribution in [-0.2, 0) is 16.8 Å². The molecule has 6 N–H and O–H groups in total. The Morgan fingerprint density at radius 1 is 1.11 bits per heavy atom. The Bertz CT molecular complexity index is 1100. The van der Waals surface area contributed by atoms with Crippen LogP contribution in [0.15, 0.2) is 52.5 Å². The molecule has 0 radical (unpaired) electrons. The first-order valence-corrected chi connectivity index (χ1v) is 11.2. The van der Waals surface area contributed by atoms with Crippen LogP contribution in [-0.4, -0.2) is 42.5 Å².